The van der Waals surface area contributed by atoms with Crippen LogP contribution in [0.3, 0.4) is 0 Å². The highest BCUT2D eigenvalue weighted by Gasteiger charge is 2.19. The van der Waals surface area contributed by atoms with Crippen molar-refractivity contribution in [1.82, 2.24) is 0 Å². The van der Waals surface area contributed by atoms with Gasteiger partial charge in [0.2, 0.25) is 0 Å². The number of rotatable bonds is 2. The van der Waals surface area contributed by atoms with E-state index in [4.69, 9.17) is 15.2 Å². The van der Waals surface area contributed by atoms with Gasteiger partial charge < -0.3 is 15.2 Å². The molecule has 0 saturated carbocycles. The Labute approximate surface area is 123 Å². The summed E-state index contributed by atoms with van der Waals surface area (Å²) in [5.74, 6) is 1.10. The molecule has 0 spiro atoms. The number of ether oxygens (including phenoxy) is 2. The zero-order chi connectivity index (χ0) is 15.0. The fraction of sp³-hybridized carbons (Fsp3) is 0.294. The zero-order valence-corrected chi connectivity index (χ0v) is 12.2. The molecular weight excluding hydrogens is 269 g/mol. The van der Waals surface area contributed by atoms with Crippen molar-refractivity contribution in [3.63, 3.8) is 0 Å². The van der Waals surface area contributed by atoms with E-state index >= 15 is 0 Å². The molecule has 2 N–H and O–H groups in total. The van der Waals surface area contributed by atoms with Crippen LogP contribution >= 0.6 is 0 Å². The first-order valence-electron chi connectivity index (χ1n) is 6.98. The van der Waals surface area contributed by atoms with Crippen LogP contribution < -0.4 is 15.2 Å². The molecular formula is C17H18FNO2. The van der Waals surface area contributed by atoms with Crippen LogP contribution in [0, 0.1) is 19.7 Å². The standard InChI is InChI=1S/C17H18FNO2/c1-10-7-11(2)16(13(18)8-10)17(19)12-3-4-14-15(9-12)21-6-5-20-14/h3-4,7-9,17H,5-6,19H2,1-2H3. The van der Waals surface area contributed by atoms with Crippen LogP contribution in [-0.4, -0.2) is 13.2 Å². The second-order valence-corrected chi connectivity index (χ2v) is 5.36. The first-order valence-corrected chi connectivity index (χ1v) is 6.98. The molecule has 0 aliphatic carbocycles. The minimum Gasteiger partial charge on any atom is -0.486 e. The molecule has 21 heavy (non-hydrogen) atoms. The van der Waals surface area contributed by atoms with Gasteiger partial charge >= 0.3 is 0 Å². The molecule has 3 nitrogen and oxygen atoms in total. The van der Waals surface area contributed by atoms with Gasteiger partial charge in [0.15, 0.2) is 11.5 Å². The summed E-state index contributed by atoms with van der Waals surface area (Å²) in [6.45, 7) is 4.81. The number of hydrogen-bond acceptors (Lipinski definition) is 3. The Morgan fingerprint density at radius 2 is 1.76 bits per heavy atom. The summed E-state index contributed by atoms with van der Waals surface area (Å²) in [5, 5.41) is 0. The lowest BCUT2D eigenvalue weighted by atomic mass is 9.93. The lowest BCUT2D eigenvalue weighted by Gasteiger charge is -2.21. The zero-order valence-electron chi connectivity index (χ0n) is 12.2. The van der Waals surface area contributed by atoms with E-state index in [9.17, 15) is 4.39 Å². The summed E-state index contributed by atoms with van der Waals surface area (Å²) in [6.07, 6.45) is 0. The average Bonchev–Trinajstić information content (AvgIpc) is 2.45. The summed E-state index contributed by atoms with van der Waals surface area (Å²) >= 11 is 0. The van der Waals surface area contributed by atoms with Crippen LogP contribution in [0.5, 0.6) is 11.5 Å². The van der Waals surface area contributed by atoms with Crippen molar-refractivity contribution in [2.45, 2.75) is 19.9 Å². The van der Waals surface area contributed by atoms with E-state index in [2.05, 4.69) is 0 Å². The third-order valence-electron chi connectivity index (χ3n) is 3.72. The molecule has 3 rings (SSSR count). The van der Waals surface area contributed by atoms with E-state index in [-0.39, 0.29) is 5.82 Å². The Hall–Kier alpha value is -2.07. The number of fused-ring (bicyclic) bond motifs is 1. The number of hydrogen-bond donors (Lipinski definition) is 1. The van der Waals surface area contributed by atoms with Crippen molar-refractivity contribution >= 4 is 0 Å². The van der Waals surface area contributed by atoms with Crippen LogP contribution in [0.25, 0.3) is 0 Å². The van der Waals surface area contributed by atoms with Gasteiger partial charge in [0.25, 0.3) is 0 Å². The fourth-order valence-electron chi connectivity index (χ4n) is 2.74. The molecule has 1 atom stereocenters. The van der Waals surface area contributed by atoms with Crippen molar-refractivity contribution in [3.05, 3.63) is 58.4 Å². The third kappa shape index (κ3) is 2.59. The summed E-state index contributed by atoms with van der Waals surface area (Å²) < 4.78 is 25.3. The fourth-order valence-corrected chi connectivity index (χ4v) is 2.74. The maximum absolute atomic E-state index is 14.3. The maximum Gasteiger partial charge on any atom is 0.161 e. The highest BCUT2D eigenvalue weighted by molar-refractivity contribution is 5.48. The number of aryl methyl sites for hydroxylation is 2. The Balaban J connectivity index is 2.01. The van der Waals surface area contributed by atoms with Gasteiger partial charge in [-0.25, -0.2) is 4.39 Å². The van der Waals surface area contributed by atoms with Gasteiger partial charge in [0.1, 0.15) is 19.0 Å². The molecule has 0 amide bonds. The van der Waals surface area contributed by atoms with Crippen molar-refractivity contribution in [3.8, 4) is 11.5 Å². The van der Waals surface area contributed by atoms with Crippen LogP contribution in [0.1, 0.15) is 28.3 Å². The first kappa shape index (κ1) is 13.9. The first-order chi connectivity index (χ1) is 10.1. The van der Waals surface area contributed by atoms with Gasteiger partial charge in [0.05, 0.1) is 6.04 Å². The summed E-state index contributed by atoms with van der Waals surface area (Å²) in [4.78, 5) is 0. The van der Waals surface area contributed by atoms with Crippen LogP contribution in [0.15, 0.2) is 30.3 Å². The normalized spacial score (nSPS) is 14.9. The Bertz CT molecular complexity index is 661. The van der Waals surface area contributed by atoms with Crippen molar-refractivity contribution in [2.24, 2.45) is 5.73 Å². The lowest BCUT2D eigenvalue weighted by Crippen LogP contribution is -2.18. The van der Waals surface area contributed by atoms with Crippen molar-refractivity contribution in [2.75, 3.05) is 13.2 Å². The molecule has 0 radical (unpaired) electrons. The van der Waals surface area contributed by atoms with Gasteiger partial charge in [0, 0.05) is 5.56 Å². The van der Waals surface area contributed by atoms with Gasteiger partial charge in [-0.1, -0.05) is 12.1 Å². The number of halogens is 1. The molecule has 1 aliphatic rings. The smallest absolute Gasteiger partial charge is 0.161 e. The number of nitrogens with two attached hydrogens (primary N) is 1. The van der Waals surface area contributed by atoms with E-state index in [0.29, 0.717) is 30.3 Å². The van der Waals surface area contributed by atoms with Gasteiger partial charge in [-0.15, -0.1) is 0 Å². The van der Waals surface area contributed by atoms with Gasteiger partial charge in [-0.3, -0.25) is 0 Å². The highest BCUT2D eigenvalue weighted by atomic mass is 19.1. The molecule has 0 fully saturated rings. The topological polar surface area (TPSA) is 44.5 Å². The van der Waals surface area contributed by atoms with E-state index in [0.717, 1.165) is 16.7 Å². The van der Waals surface area contributed by atoms with Gasteiger partial charge in [-0.05, 0) is 48.7 Å². The quantitative estimate of drug-likeness (QED) is 0.922. The van der Waals surface area contributed by atoms with E-state index in [1.807, 2.05) is 38.1 Å². The predicted octanol–water partition coefficient (Wildman–Crippen LogP) is 3.26. The molecule has 0 aromatic heterocycles. The average molecular weight is 287 g/mol. The summed E-state index contributed by atoms with van der Waals surface area (Å²) in [6, 6.07) is 8.44. The predicted molar refractivity (Wildman–Crippen MR) is 79.3 cm³/mol. The van der Waals surface area contributed by atoms with Crippen LogP contribution in [0.2, 0.25) is 0 Å². The largest absolute Gasteiger partial charge is 0.486 e. The van der Waals surface area contributed by atoms with Crippen molar-refractivity contribution in [1.29, 1.82) is 0 Å². The summed E-state index contributed by atoms with van der Waals surface area (Å²) in [7, 11) is 0. The Morgan fingerprint density at radius 3 is 2.48 bits per heavy atom. The molecule has 0 bridgehead atoms. The SMILES string of the molecule is Cc1cc(C)c(C(N)c2ccc3c(c2)OCCO3)c(F)c1. The molecule has 110 valence electrons. The molecule has 2 aromatic rings. The second kappa shape index (κ2) is 5.37. The molecule has 0 saturated heterocycles. The Morgan fingerprint density at radius 1 is 1.05 bits per heavy atom. The van der Waals surface area contributed by atoms with Gasteiger partial charge in [-0.2, -0.15) is 0 Å². The third-order valence-corrected chi connectivity index (χ3v) is 3.72. The highest BCUT2D eigenvalue weighted by Crippen LogP contribution is 2.34. The maximum atomic E-state index is 14.3. The molecule has 2 aromatic carbocycles. The van der Waals surface area contributed by atoms with E-state index < -0.39 is 6.04 Å². The number of benzene rings is 2. The minimum absolute atomic E-state index is 0.269. The van der Waals surface area contributed by atoms with Crippen molar-refractivity contribution < 1.29 is 13.9 Å². The second-order valence-electron chi connectivity index (χ2n) is 5.36. The van der Waals surface area contributed by atoms with Crippen LogP contribution in [-0.2, 0) is 0 Å². The Kier molecular flexibility index (Phi) is 3.55. The van der Waals surface area contributed by atoms with E-state index in [1.54, 1.807) is 0 Å². The molecule has 1 heterocycles. The minimum atomic E-state index is -0.526. The monoisotopic (exact) mass is 287 g/mol. The van der Waals surface area contributed by atoms with Crippen LogP contribution in [0.4, 0.5) is 4.39 Å². The van der Waals surface area contributed by atoms with E-state index in [1.165, 1.54) is 6.07 Å². The molecule has 4 heteroatoms. The molecule has 1 unspecified atom stereocenters. The lowest BCUT2D eigenvalue weighted by molar-refractivity contribution is 0.171. The summed E-state index contributed by atoms with van der Waals surface area (Å²) in [5.41, 5.74) is 9.35. The molecule has 1 aliphatic heterocycles.